The van der Waals surface area contributed by atoms with Crippen molar-refractivity contribution in [1.29, 1.82) is 0 Å². The van der Waals surface area contributed by atoms with E-state index in [4.69, 9.17) is 19.9 Å². The Morgan fingerprint density at radius 1 is 1.20 bits per heavy atom. The van der Waals surface area contributed by atoms with E-state index in [1.807, 2.05) is 26.0 Å². The molecule has 1 aromatic carbocycles. The topological polar surface area (TPSA) is 91.1 Å². The molecule has 3 rings (SSSR count). The monoisotopic (exact) mass is 420 g/mol. The van der Waals surface area contributed by atoms with Crippen molar-refractivity contribution < 1.29 is 23.8 Å². The number of methoxy groups -OCH3 is 3. The van der Waals surface area contributed by atoms with Crippen molar-refractivity contribution >= 4 is 11.9 Å². The molecule has 1 saturated heterocycles. The second-order valence-corrected chi connectivity index (χ2v) is 7.78. The molecule has 1 amide bonds. The fourth-order valence-corrected chi connectivity index (χ4v) is 5.01. The molecule has 7 nitrogen and oxygen atoms in total. The summed E-state index contributed by atoms with van der Waals surface area (Å²) in [6.45, 7) is 6.75. The van der Waals surface area contributed by atoms with E-state index < -0.39 is 12.0 Å². The second kappa shape index (κ2) is 10.7. The lowest BCUT2D eigenvalue weighted by atomic mass is 9.89. The maximum absolute atomic E-state index is 12.9. The van der Waals surface area contributed by atoms with E-state index in [0.29, 0.717) is 42.7 Å². The molecule has 2 unspecified atom stereocenters. The van der Waals surface area contributed by atoms with Crippen LogP contribution >= 0.6 is 0 Å². The number of likely N-dealkylation sites (tertiary alicyclic amines) is 1. The Bertz CT molecular complexity index is 738. The number of fused-ring (bicyclic) bond motifs is 1. The van der Waals surface area contributed by atoms with Crippen LogP contribution in [-0.2, 0) is 20.7 Å². The van der Waals surface area contributed by atoms with Gasteiger partial charge in [-0.1, -0.05) is 26.8 Å². The van der Waals surface area contributed by atoms with Crippen LogP contribution in [0.25, 0.3) is 0 Å². The minimum absolute atomic E-state index is 0.0104. The van der Waals surface area contributed by atoms with Gasteiger partial charge >= 0.3 is 5.97 Å². The van der Waals surface area contributed by atoms with Crippen molar-refractivity contribution in [1.82, 2.24) is 4.90 Å². The highest BCUT2D eigenvalue weighted by molar-refractivity contribution is 5.87. The molecule has 1 saturated carbocycles. The number of nitrogens with two attached hydrogens (primary N) is 1. The largest absolute Gasteiger partial charge is 0.493 e. The molecule has 0 aromatic heterocycles. The summed E-state index contributed by atoms with van der Waals surface area (Å²) in [6.07, 6.45) is 1.69. The van der Waals surface area contributed by atoms with E-state index in [2.05, 4.69) is 6.92 Å². The Morgan fingerprint density at radius 3 is 2.43 bits per heavy atom. The summed E-state index contributed by atoms with van der Waals surface area (Å²) in [7, 11) is 4.51. The van der Waals surface area contributed by atoms with Crippen molar-refractivity contribution in [2.24, 2.45) is 23.5 Å². The maximum atomic E-state index is 12.9. The van der Waals surface area contributed by atoms with E-state index in [1.165, 1.54) is 7.11 Å². The van der Waals surface area contributed by atoms with Crippen molar-refractivity contribution in [2.45, 2.75) is 52.1 Å². The van der Waals surface area contributed by atoms with Crippen LogP contribution in [0.1, 0.15) is 39.2 Å². The predicted molar refractivity (Wildman–Crippen MR) is 115 cm³/mol. The van der Waals surface area contributed by atoms with Crippen LogP contribution in [0.2, 0.25) is 0 Å². The summed E-state index contributed by atoms with van der Waals surface area (Å²) in [4.78, 5) is 27.3. The predicted octanol–water partition coefficient (Wildman–Crippen LogP) is 2.65. The molecule has 2 fully saturated rings. The lowest BCUT2D eigenvalue weighted by Gasteiger charge is -2.31. The van der Waals surface area contributed by atoms with Crippen LogP contribution in [0.3, 0.4) is 0 Å². The van der Waals surface area contributed by atoms with Crippen LogP contribution in [0.5, 0.6) is 11.5 Å². The Balaban J connectivity index is 0.00000155. The number of esters is 1. The number of rotatable bonds is 7. The first-order valence-electron chi connectivity index (χ1n) is 10.7. The van der Waals surface area contributed by atoms with Gasteiger partial charge in [-0.3, -0.25) is 4.79 Å². The van der Waals surface area contributed by atoms with Gasteiger partial charge in [0.05, 0.1) is 21.3 Å². The van der Waals surface area contributed by atoms with Crippen molar-refractivity contribution in [3.63, 3.8) is 0 Å². The van der Waals surface area contributed by atoms with Crippen LogP contribution in [0, 0.1) is 17.8 Å². The van der Waals surface area contributed by atoms with Gasteiger partial charge in [0.25, 0.3) is 0 Å². The Labute approximate surface area is 179 Å². The molecule has 1 aromatic rings. The van der Waals surface area contributed by atoms with Gasteiger partial charge in [0.1, 0.15) is 6.04 Å². The summed E-state index contributed by atoms with van der Waals surface area (Å²) < 4.78 is 15.7. The van der Waals surface area contributed by atoms with Crippen LogP contribution in [0.15, 0.2) is 18.2 Å². The van der Waals surface area contributed by atoms with Gasteiger partial charge in [0, 0.05) is 18.9 Å². The average Bonchev–Trinajstić information content (AvgIpc) is 3.24. The van der Waals surface area contributed by atoms with E-state index in [0.717, 1.165) is 12.0 Å². The molecule has 0 bridgehead atoms. The van der Waals surface area contributed by atoms with Crippen molar-refractivity contribution in [3.05, 3.63) is 23.8 Å². The Morgan fingerprint density at radius 2 is 1.87 bits per heavy atom. The third-order valence-corrected chi connectivity index (χ3v) is 6.40. The lowest BCUT2D eigenvalue weighted by Crippen LogP contribution is -2.48. The number of benzene rings is 1. The van der Waals surface area contributed by atoms with Gasteiger partial charge < -0.3 is 24.8 Å². The summed E-state index contributed by atoms with van der Waals surface area (Å²) in [6, 6.07) is 4.91. The molecule has 5 atom stereocenters. The second-order valence-electron chi connectivity index (χ2n) is 7.78. The van der Waals surface area contributed by atoms with Crippen molar-refractivity contribution in [2.75, 3.05) is 27.9 Å². The maximum Gasteiger partial charge on any atom is 0.328 e. The zero-order chi connectivity index (χ0) is 22.4. The lowest BCUT2D eigenvalue weighted by molar-refractivity contribution is -0.152. The standard InChI is InChI=1S/C21H30N2O5.C2H6/c1-12-7-16-14(15(12)11-22)10-20(24)23(16)17(21(25)28-4)8-13-5-6-18(26-2)19(9-13)27-3;1-2/h5-6,9,12,14-17H,7-8,10-11,22H2,1-4H3;1-2H3/t12-,14-,15+,16?,17?;/m0./s1. The molecule has 1 heterocycles. The van der Waals surface area contributed by atoms with Gasteiger partial charge in [-0.05, 0) is 48.4 Å². The molecule has 168 valence electrons. The summed E-state index contributed by atoms with van der Waals surface area (Å²) in [5.41, 5.74) is 6.85. The Hall–Kier alpha value is -2.28. The average molecular weight is 421 g/mol. The molecule has 1 aliphatic carbocycles. The highest BCUT2D eigenvalue weighted by Crippen LogP contribution is 2.46. The first-order valence-corrected chi connectivity index (χ1v) is 10.7. The number of nitrogens with zero attached hydrogens (tertiary/aromatic N) is 1. The number of hydrogen-bond acceptors (Lipinski definition) is 6. The molecule has 0 radical (unpaired) electrons. The Kier molecular flexibility index (Phi) is 8.53. The fourth-order valence-electron chi connectivity index (χ4n) is 5.01. The molecule has 0 spiro atoms. The zero-order valence-corrected chi connectivity index (χ0v) is 19.0. The van der Waals surface area contributed by atoms with Gasteiger partial charge in [-0.2, -0.15) is 0 Å². The number of hydrogen-bond donors (Lipinski definition) is 1. The van der Waals surface area contributed by atoms with E-state index in [-0.39, 0.29) is 17.9 Å². The highest BCUT2D eigenvalue weighted by atomic mass is 16.5. The minimum Gasteiger partial charge on any atom is -0.493 e. The van der Waals surface area contributed by atoms with E-state index >= 15 is 0 Å². The van der Waals surface area contributed by atoms with Crippen LogP contribution < -0.4 is 15.2 Å². The first kappa shape index (κ1) is 24.0. The van der Waals surface area contributed by atoms with Crippen LogP contribution in [0.4, 0.5) is 0 Å². The number of ether oxygens (including phenoxy) is 3. The summed E-state index contributed by atoms with van der Waals surface area (Å²) in [5.74, 6) is 1.79. The first-order chi connectivity index (χ1) is 14.4. The third kappa shape index (κ3) is 4.56. The number of carbonyl (C=O) groups is 2. The molecular formula is C23H36N2O5. The van der Waals surface area contributed by atoms with Crippen LogP contribution in [-0.4, -0.2) is 56.7 Å². The van der Waals surface area contributed by atoms with Gasteiger partial charge in [-0.25, -0.2) is 4.79 Å². The quantitative estimate of drug-likeness (QED) is 0.682. The SMILES string of the molecule is CC.COC(=O)C(Cc1ccc(OC)c(OC)c1)N1C(=O)C[C@@H]2C1C[C@H](C)[C@H]2CN. The normalized spacial score (nSPS) is 25.8. The minimum atomic E-state index is -0.658. The fraction of sp³-hybridized carbons (Fsp3) is 0.652. The molecular weight excluding hydrogens is 384 g/mol. The molecule has 30 heavy (non-hydrogen) atoms. The highest BCUT2D eigenvalue weighted by Gasteiger charge is 2.53. The molecule has 7 heteroatoms. The zero-order valence-electron chi connectivity index (χ0n) is 19.0. The van der Waals surface area contributed by atoms with Gasteiger partial charge in [0.15, 0.2) is 11.5 Å². The molecule has 2 N–H and O–H groups in total. The molecule has 2 aliphatic rings. The van der Waals surface area contributed by atoms with Gasteiger partial charge in [0.2, 0.25) is 5.91 Å². The summed E-state index contributed by atoms with van der Waals surface area (Å²) in [5, 5.41) is 0. The smallest absolute Gasteiger partial charge is 0.328 e. The third-order valence-electron chi connectivity index (χ3n) is 6.40. The van der Waals surface area contributed by atoms with Gasteiger partial charge in [-0.15, -0.1) is 0 Å². The van der Waals surface area contributed by atoms with E-state index in [1.54, 1.807) is 25.2 Å². The molecule has 1 aliphatic heterocycles. The summed E-state index contributed by atoms with van der Waals surface area (Å²) >= 11 is 0. The number of carbonyl (C=O) groups excluding carboxylic acids is 2. The van der Waals surface area contributed by atoms with E-state index in [9.17, 15) is 9.59 Å². The number of amides is 1. The van der Waals surface area contributed by atoms with Crippen molar-refractivity contribution in [3.8, 4) is 11.5 Å².